The Morgan fingerprint density at radius 3 is 2.55 bits per heavy atom. The lowest BCUT2D eigenvalue weighted by molar-refractivity contribution is -0.113. The fourth-order valence-electron chi connectivity index (χ4n) is 3.94. The van der Waals surface area contributed by atoms with E-state index in [9.17, 15) is 9.59 Å². The molecule has 0 aliphatic carbocycles. The van der Waals surface area contributed by atoms with Gasteiger partial charge in [0.2, 0.25) is 5.91 Å². The van der Waals surface area contributed by atoms with E-state index >= 15 is 0 Å². The summed E-state index contributed by atoms with van der Waals surface area (Å²) >= 11 is 6.72. The van der Waals surface area contributed by atoms with E-state index in [1.807, 2.05) is 30.3 Å². The molecule has 3 aromatic rings. The van der Waals surface area contributed by atoms with Crippen molar-refractivity contribution in [3.63, 3.8) is 0 Å². The highest BCUT2D eigenvalue weighted by Crippen LogP contribution is 2.37. The number of hydrogen-bond acceptors (Lipinski definition) is 7. The molecule has 4 rings (SSSR count). The number of halogens is 1. The van der Waals surface area contributed by atoms with Crippen LogP contribution in [0, 0.1) is 0 Å². The maximum Gasteiger partial charge on any atom is 0.270 e. The van der Waals surface area contributed by atoms with E-state index in [-0.39, 0.29) is 18.3 Å². The van der Waals surface area contributed by atoms with Crippen molar-refractivity contribution in [3.8, 4) is 17.1 Å². The minimum absolute atomic E-state index is 0. The van der Waals surface area contributed by atoms with E-state index in [0.717, 1.165) is 37.4 Å². The third-order valence-electron chi connectivity index (χ3n) is 6.00. The number of thiocarbonyl (C=S) groups is 1. The van der Waals surface area contributed by atoms with Gasteiger partial charge in [-0.2, -0.15) is 0 Å². The zero-order valence-electron chi connectivity index (χ0n) is 21.2. The number of anilines is 1. The minimum atomic E-state index is -0.507. The van der Waals surface area contributed by atoms with Crippen LogP contribution in [0.3, 0.4) is 0 Å². The molecular formula is C28H30ClN3O4S2. The number of nitrogens with zero attached hydrogens (tertiary/aromatic N) is 2. The molecule has 1 aromatic heterocycles. The summed E-state index contributed by atoms with van der Waals surface area (Å²) in [7, 11) is 0. The third-order valence-corrected chi connectivity index (χ3v) is 7.30. The lowest BCUT2D eigenvalue weighted by Gasteiger charge is -2.18. The van der Waals surface area contributed by atoms with Crippen LogP contribution in [0.25, 0.3) is 17.4 Å². The van der Waals surface area contributed by atoms with Crippen molar-refractivity contribution in [1.29, 1.82) is 0 Å². The van der Waals surface area contributed by atoms with Crippen molar-refractivity contribution in [3.05, 3.63) is 76.9 Å². The third kappa shape index (κ3) is 7.05. The van der Waals surface area contributed by atoms with Crippen LogP contribution < -0.4 is 15.4 Å². The average molecular weight is 572 g/mol. The first-order valence-electron chi connectivity index (χ1n) is 12.1. The summed E-state index contributed by atoms with van der Waals surface area (Å²) in [6, 6.07) is 17.8. The van der Waals surface area contributed by atoms with Crippen LogP contribution in [0.4, 0.5) is 5.69 Å². The van der Waals surface area contributed by atoms with E-state index in [1.165, 1.54) is 16.7 Å². The SMILES string of the molecule is CCN(CC)CCCOc1ccc(N2C(=O)/C(=C/c3ccc(-c4cccc(C(N)=O)c4)o3)SC2=S)cc1.Cl. The molecule has 1 fully saturated rings. The van der Waals surface area contributed by atoms with Crippen LogP contribution >= 0.6 is 36.4 Å². The lowest BCUT2D eigenvalue weighted by atomic mass is 10.1. The van der Waals surface area contributed by atoms with Crippen LogP contribution in [0.1, 0.15) is 36.4 Å². The predicted octanol–water partition coefficient (Wildman–Crippen LogP) is 5.98. The van der Waals surface area contributed by atoms with Gasteiger partial charge >= 0.3 is 0 Å². The van der Waals surface area contributed by atoms with E-state index in [2.05, 4.69) is 18.7 Å². The molecule has 0 bridgehead atoms. The van der Waals surface area contributed by atoms with Crippen molar-refractivity contribution >= 4 is 64.3 Å². The monoisotopic (exact) mass is 571 g/mol. The van der Waals surface area contributed by atoms with Gasteiger partial charge in [-0.05, 0) is 68.0 Å². The number of ether oxygens (including phenoxy) is 1. The fraction of sp³-hybridized carbons (Fsp3) is 0.250. The summed E-state index contributed by atoms with van der Waals surface area (Å²) in [5.74, 6) is 1.11. The van der Waals surface area contributed by atoms with E-state index in [0.29, 0.717) is 38.6 Å². The molecule has 0 radical (unpaired) electrons. The lowest BCUT2D eigenvalue weighted by Crippen LogP contribution is -2.27. The Morgan fingerprint density at radius 1 is 1.13 bits per heavy atom. The molecule has 0 unspecified atom stereocenters. The maximum atomic E-state index is 13.2. The van der Waals surface area contributed by atoms with Crippen molar-refractivity contribution in [2.75, 3.05) is 31.1 Å². The van der Waals surface area contributed by atoms with Gasteiger partial charge in [0, 0.05) is 23.7 Å². The van der Waals surface area contributed by atoms with Gasteiger partial charge in [-0.25, -0.2) is 0 Å². The standard InChI is InChI=1S/C28H29N3O4S2.ClH/c1-3-30(4-2)15-6-16-34-22-11-9-21(10-12-22)31-27(33)25(37-28(31)36)18-23-13-14-24(35-23)19-7-5-8-20(17-19)26(29)32;/h5,7-14,17-18H,3-4,6,15-16H2,1-2H3,(H2,29,32);1H/b25-18-;. The Hall–Kier alpha value is -3.11. The summed E-state index contributed by atoms with van der Waals surface area (Å²) in [4.78, 5) is 29.0. The number of nitrogens with two attached hydrogens (primary N) is 1. The first-order chi connectivity index (χ1) is 17.9. The number of amides is 2. The molecule has 1 aliphatic heterocycles. The normalized spacial score (nSPS) is 14.3. The van der Waals surface area contributed by atoms with E-state index in [1.54, 1.807) is 36.4 Å². The largest absolute Gasteiger partial charge is 0.494 e. The molecule has 200 valence electrons. The summed E-state index contributed by atoms with van der Waals surface area (Å²) in [5.41, 5.74) is 7.18. The zero-order chi connectivity index (χ0) is 26.4. The molecule has 0 saturated carbocycles. The Bertz CT molecular complexity index is 1320. The predicted molar refractivity (Wildman–Crippen MR) is 160 cm³/mol. The highest BCUT2D eigenvalue weighted by molar-refractivity contribution is 8.27. The summed E-state index contributed by atoms with van der Waals surface area (Å²) < 4.78 is 12.2. The average Bonchev–Trinajstić information content (AvgIpc) is 3.48. The quantitative estimate of drug-likeness (QED) is 0.172. The second-order valence-corrected chi connectivity index (χ2v) is 10.1. The van der Waals surface area contributed by atoms with Gasteiger partial charge in [0.1, 0.15) is 17.3 Å². The Kier molecular flexibility index (Phi) is 10.6. The van der Waals surface area contributed by atoms with Crippen LogP contribution in [-0.4, -0.2) is 47.3 Å². The number of benzene rings is 2. The van der Waals surface area contributed by atoms with Gasteiger partial charge in [0.05, 0.1) is 17.2 Å². The number of carbonyl (C=O) groups excluding carboxylic acids is 2. The summed E-state index contributed by atoms with van der Waals surface area (Å²) in [6.45, 7) is 8.03. The van der Waals surface area contributed by atoms with Crippen molar-refractivity contribution in [2.24, 2.45) is 5.73 Å². The first-order valence-corrected chi connectivity index (χ1v) is 13.3. The molecule has 10 heteroatoms. The number of thioether (sulfide) groups is 1. The minimum Gasteiger partial charge on any atom is -0.494 e. The first kappa shape index (κ1) is 29.4. The highest BCUT2D eigenvalue weighted by atomic mass is 35.5. The topological polar surface area (TPSA) is 89.0 Å². The van der Waals surface area contributed by atoms with Gasteiger partial charge in [-0.3, -0.25) is 14.5 Å². The van der Waals surface area contributed by atoms with Crippen LogP contribution in [0.15, 0.2) is 70.0 Å². The molecule has 2 heterocycles. The number of carbonyl (C=O) groups is 2. The van der Waals surface area contributed by atoms with Crippen LogP contribution in [0.2, 0.25) is 0 Å². The van der Waals surface area contributed by atoms with Crippen molar-refractivity contribution < 1.29 is 18.7 Å². The molecule has 2 amide bonds. The molecule has 0 atom stereocenters. The smallest absolute Gasteiger partial charge is 0.270 e. The van der Waals surface area contributed by atoms with E-state index in [4.69, 9.17) is 27.1 Å². The van der Waals surface area contributed by atoms with Crippen LogP contribution in [-0.2, 0) is 4.79 Å². The molecule has 2 aromatic carbocycles. The molecule has 7 nitrogen and oxygen atoms in total. The zero-order valence-corrected chi connectivity index (χ0v) is 23.7. The Morgan fingerprint density at radius 2 is 1.87 bits per heavy atom. The molecular weight excluding hydrogens is 542 g/mol. The number of furan rings is 1. The second-order valence-electron chi connectivity index (χ2n) is 8.39. The molecule has 1 aliphatic rings. The Labute approximate surface area is 238 Å². The van der Waals surface area contributed by atoms with Gasteiger partial charge in [0.15, 0.2) is 4.32 Å². The maximum absolute atomic E-state index is 13.2. The van der Waals surface area contributed by atoms with Crippen molar-refractivity contribution in [2.45, 2.75) is 20.3 Å². The highest BCUT2D eigenvalue weighted by Gasteiger charge is 2.33. The van der Waals surface area contributed by atoms with Gasteiger partial charge in [0.25, 0.3) is 5.91 Å². The number of hydrogen-bond donors (Lipinski definition) is 1. The summed E-state index contributed by atoms with van der Waals surface area (Å²) in [6.07, 6.45) is 2.63. The van der Waals surface area contributed by atoms with Gasteiger partial charge in [-0.1, -0.05) is 50.0 Å². The second kappa shape index (κ2) is 13.6. The molecule has 2 N–H and O–H groups in total. The molecule has 1 saturated heterocycles. The fourth-order valence-corrected chi connectivity index (χ4v) is 5.22. The Balaban J connectivity index is 0.00000400. The van der Waals surface area contributed by atoms with Gasteiger partial charge < -0.3 is 19.8 Å². The summed E-state index contributed by atoms with van der Waals surface area (Å²) in [5, 5.41) is 0. The number of primary amides is 1. The van der Waals surface area contributed by atoms with Gasteiger partial charge in [-0.15, -0.1) is 12.4 Å². The van der Waals surface area contributed by atoms with Crippen molar-refractivity contribution in [1.82, 2.24) is 4.90 Å². The molecule has 0 spiro atoms. The molecule has 38 heavy (non-hydrogen) atoms. The number of rotatable bonds is 11. The van der Waals surface area contributed by atoms with Crippen LogP contribution in [0.5, 0.6) is 5.75 Å². The van der Waals surface area contributed by atoms with E-state index < -0.39 is 5.91 Å².